The molecule has 2 rings (SSSR count). The number of carbonyl (C=O) groups is 1. The van der Waals surface area contributed by atoms with E-state index in [1.165, 1.54) is 12.1 Å². The van der Waals surface area contributed by atoms with E-state index in [4.69, 9.17) is 4.74 Å². The maximum atomic E-state index is 12.2. The first-order chi connectivity index (χ1) is 10.8. The fraction of sp³-hybridized carbons (Fsp3) is 0.133. The van der Waals surface area contributed by atoms with E-state index < -0.39 is 18.2 Å². The summed E-state index contributed by atoms with van der Waals surface area (Å²) >= 11 is 2.95. The van der Waals surface area contributed by atoms with Gasteiger partial charge in [-0.1, -0.05) is 30.3 Å². The molecular formula is C15H11BrF3NO3. The van der Waals surface area contributed by atoms with Gasteiger partial charge < -0.3 is 9.47 Å². The molecule has 0 fully saturated rings. The molecule has 8 heteroatoms. The van der Waals surface area contributed by atoms with Crippen LogP contribution in [-0.2, 0) is 11.3 Å². The SMILES string of the molecule is O=C(Nc1ccc(OC(F)(F)F)c(Br)c1)OCc1ccccc1. The summed E-state index contributed by atoms with van der Waals surface area (Å²) in [5.41, 5.74) is 1.09. The number of benzene rings is 2. The number of anilines is 1. The van der Waals surface area contributed by atoms with E-state index in [9.17, 15) is 18.0 Å². The summed E-state index contributed by atoms with van der Waals surface area (Å²) in [5, 5.41) is 2.42. The molecule has 0 bridgehead atoms. The van der Waals surface area contributed by atoms with Crippen LogP contribution in [0, 0.1) is 0 Å². The molecule has 0 aromatic heterocycles. The van der Waals surface area contributed by atoms with E-state index in [-0.39, 0.29) is 16.8 Å². The Kier molecular flexibility index (Phi) is 5.49. The van der Waals surface area contributed by atoms with Crippen LogP contribution in [0.2, 0.25) is 0 Å². The van der Waals surface area contributed by atoms with Gasteiger partial charge in [-0.2, -0.15) is 0 Å². The van der Waals surface area contributed by atoms with Crippen molar-refractivity contribution >= 4 is 27.7 Å². The van der Waals surface area contributed by atoms with Crippen molar-refractivity contribution in [3.8, 4) is 5.75 Å². The van der Waals surface area contributed by atoms with Crippen LogP contribution < -0.4 is 10.1 Å². The Morgan fingerprint density at radius 3 is 2.43 bits per heavy atom. The van der Waals surface area contributed by atoms with E-state index in [0.717, 1.165) is 11.6 Å². The van der Waals surface area contributed by atoms with Gasteiger partial charge in [0, 0.05) is 5.69 Å². The molecule has 0 spiro atoms. The molecule has 0 aliphatic carbocycles. The fourth-order valence-corrected chi connectivity index (χ4v) is 2.12. The number of hydrogen-bond acceptors (Lipinski definition) is 3. The van der Waals surface area contributed by atoms with Crippen molar-refractivity contribution < 1.29 is 27.4 Å². The van der Waals surface area contributed by atoms with Crippen LogP contribution in [0.25, 0.3) is 0 Å². The number of halogens is 4. The molecule has 0 aliphatic rings. The normalized spacial score (nSPS) is 11.0. The Hall–Kier alpha value is -2.22. The molecule has 0 saturated carbocycles. The fourth-order valence-electron chi connectivity index (χ4n) is 1.66. The smallest absolute Gasteiger partial charge is 0.444 e. The Morgan fingerprint density at radius 1 is 1.13 bits per heavy atom. The lowest BCUT2D eigenvalue weighted by atomic mass is 10.2. The first-order valence-corrected chi connectivity index (χ1v) is 7.16. The Bertz CT molecular complexity index is 677. The van der Waals surface area contributed by atoms with E-state index in [0.29, 0.717) is 0 Å². The molecule has 122 valence electrons. The van der Waals surface area contributed by atoms with Gasteiger partial charge in [0.1, 0.15) is 12.4 Å². The van der Waals surface area contributed by atoms with E-state index in [1.54, 1.807) is 12.1 Å². The quantitative estimate of drug-likeness (QED) is 0.791. The van der Waals surface area contributed by atoms with Gasteiger partial charge in [-0.25, -0.2) is 4.79 Å². The second-order valence-corrected chi connectivity index (χ2v) is 5.23. The van der Waals surface area contributed by atoms with E-state index >= 15 is 0 Å². The Morgan fingerprint density at radius 2 is 1.83 bits per heavy atom. The molecule has 2 aromatic carbocycles. The highest BCUT2D eigenvalue weighted by Gasteiger charge is 2.31. The maximum Gasteiger partial charge on any atom is 0.573 e. The molecule has 1 N–H and O–H groups in total. The average molecular weight is 390 g/mol. The first-order valence-electron chi connectivity index (χ1n) is 6.36. The minimum Gasteiger partial charge on any atom is -0.444 e. The van der Waals surface area contributed by atoms with Crippen molar-refractivity contribution in [2.24, 2.45) is 0 Å². The summed E-state index contributed by atoms with van der Waals surface area (Å²) < 4.78 is 45.3. The molecule has 0 unspecified atom stereocenters. The lowest BCUT2D eigenvalue weighted by Crippen LogP contribution is -2.17. The van der Waals surface area contributed by atoms with Crippen molar-refractivity contribution in [3.63, 3.8) is 0 Å². The summed E-state index contributed by atoms with van der Waals surface area (Å²) in [6.45, 7) is 0.0864. The van der Waals surface area contributed by atoms with Crippen LogP contribution in [0.5, 0.6) is 5.75 Å². The number of ether oxygens (including phenoxy) is 2. The molecule has 0 saturated heterocycles. The van der Waals surface area contributed by atoms with E-state index in [1.807, 2.05) is 18.2 Å². The highest BCUT2D eigenvalue weighted by molar-refractivity contribution is 9.10. The number of amides is 1. The molecule has 2 aromatic rings. The monoisotopic (exact) mass is 389 g/mol. The third-order valence-corrected chi connectivity index (χ3v) is 3.24. The number of hydrogen-bond donors (Lipinski definition) is 1. The lowest BCUT2D eigenvalue weighted by molar-refractivity contribution is -0.274. The van der Waals surface area contributed by atoms with Crippen molar-refractivity contribution in [2.75, 3.05) is 5.32 Å². The predicted octanol–water partition coefficient (Wildman–Crippen LogP) is 5.10. The predicted molar refractivity (Wildman–Crippen MR) is 81.1 cm³/mol. The molecule has 0 atom stereocenters. The standard InChI is InChI=1S/C15H11BrF3NO3/c16-12-8-11(6-7-13(12)23-15(17,18)19)20-14(21)22-9-10-4-2-1-3-5-10/h1-8H,9H2,(H,20,21). The molecule has 0 radical (unpaired) electrons. The number of rotatable bonds is 4. The molecule has 1 amide bonds. The average Bonchev–Trinajstić information content (AvgIpc) is 2.48. The topological polar surface area (TPSA) is 47.6 Å². The Labute approximate surface area is 138 Å². The number of carbonyl (C=O) groups excluding carboxylic acids is 1. The van der Waals surface area contributed by atoms with Crippen LogP contribution in [0.15, 0.2) is 53.0 Å². The highest BCUT2D eigenvalue weighted by atomic mass is 79.9. The van der Waals surface area contributed by atoms with E-state index in [2.05, 4.69) is 26.0 Å². The molecule has 0 aliphatic heterocycles. The summed E-state index contributed by atoms with van der Waals surface area (Å²) in [4.78, 5) is 11.7. The van der Waals surface area contributed by atoms with Crippen LogP contribution in [0.1, 0.15) is 5.56 Å². The van der Waals surface area contributed by atoms with Gasteiger partial charge in [0.05, 0.1) is 4.47 Å². The first kappa shape index (κ1) is 17.1. The second-order valence-electron chi connectivity index (χ2n) is 4.38. The Balaban J connectivity index is 1.92. The van der Waals surface area contributed by atoms with Crippen LogP contribution >= 0.6 is 15.9 Å². The summed E-state index contributed by atoms with van der Waals surface area (Å²) in [6.07, 6.45) is -5.50. The minimum atomic E-state index is -4.79. The molecule has 0 heterocycles. The zero-order valence-electron chi connectivity index (χ0n) is 11.6. The summed E-state index contributed by atoms with van der Waals surface area (Å²) in [5.74, 6) is -0.402. The van der Waals surface area contributed by atoms with Gasteiger partial charge >= 0.3 is 12.5 Å². The minimum absolute atomic E-state index is 0.0516. The van der Waals surface area contributed by atoms with Crippen LogP contribution in [-0.4, -0.2) is 12.5 Å². The van der Waals surface area contributed by atoms with Crippen molar-refractivity contribution in [1.82, 2.24) is 0 Å². The van der Waals surface area contributed by atoms with Gasteiger partial charge in [-0.3, -0.25) is 5.32 Å². The molecular weight excluding hydrogens is 379 g/mol. The molecule has 4 nitrogen and oxygen atoms in total. The van der Waals surface area contributed by atoms with Gasteiger partial charge in [-0.15, -0.1) is 13.2 Å². The second kappa shape index (κ2) is 7.36. The maximum absolute atomic E-state index is 12.2. The largest absolute Gasteiger partial charge is 0.573 e. The van der Waals surface area contributed by atoms with Crippen molar-refractivity contribution in [1.29, 1.82) is 0 Å². The molecule has 23 heavy (non-hydrogen) atoms. The zero-order valence-corrected chi connectivity index (χ0v) is 13.1. The van der Waals surface area contributed by atoms with Crippen molar-refractivity contribution in [3.05, 3.63) is 58.6 Å². The third kappa shape index (κ3) is 5.82. The van der Waals surface area contributed by atoms with Gasteiger partial charge in [0.15, 0.2) is 0 Å². The van der Waals surface area contributed by atoms with Gasteiger partial charge in [0.25, 0.3) is 0 Å². The van der Waals surface area contributed by atoms with Crippen LogP contribution in [0.4, 0.5) is 23.7 Å². The third-order valence-electron chi connectivity index (χ3n) is 2.62. The van der Waals surface area contributed by atoms with Crippen LogP contribution in [0.3, 0.4) is 0 Å². The summed E-state index contributed by atoms with van der Waals surface area (Å²) in [7, 11) is 0. The lowest BCUT2D eigenvalue weighted by Gasteiger charge is -2.12. The summed E-state index contributed by atoms with van der Waals surface area (Å²) in [6, 6.07) is 12.7. The number of alkyl halides is 3. The van der Waals surface area contributed by atoms with Crippen molar-refractivity contribution in [2.45, 2.75) is 13.0 Å². The zero-order chi connectivity index (χ0) is 16.9. The highest BCUT2D eigenvalue weighted by Crippen LogP contribution is 2.32. The van der Waals surface area contributed by atoms with Gasteiger partial charge in [0.2, 0.25) is 0 Å². The van der Waals surface area contributed by atoms with Gasteiger partial charge in [-0.05, 0) is 39.7 Å². The number of nitrogens with one attached hydrogen (secondary N) is 1.